The van der Waals surface area contributed by atoms with E-state index >= 15 is 0 Å². The Kier molecular flexibility index (Phi) is 5.66. The SMILES string of the molecule is CN(C(=O)Cc1ccc(N)cn1)C1CCN(Cc2ccccc2)CC1. The van der Waals surface area contributed by atoms with Crippen LogP contribution in [0, 0.1) is 0 Å². The second kappa shape index (κ2) is 8.12. The molecule has 1 fully saturated rings. The number of hydrogen-bond donors (Lipinski definition) is 1. The molecule has 0 atom stereocenters. The number of likely N-dealkylation sites (tertiary alicyclic amines) is 1. The lowest BCUT2D eigenvalue weighted by molar-refractivity contribution is -0.132. The van der Waals surface area contributed by atoms with Gasteiger partial charge in [-0.05, 0) is 30.5 Å². The van der Waals surface area contributed by atoms with E-state index in [1.165, 1.54) is 5.56 Å². The fraction of sp³-hybridized carbons (Fsp3) is 0.400. The van der Waals surface area contributed by atoms with Crippen molar-refractivity contribution in [2.24, 2.45) is 0 Å². The molecule has 5 heteroatoms. The molecule has 0 unspecified atom stereocenters. The highest BCUT2D eigenvalue weighted by Gasteiger charge is 2.25. The highest BCUT2D eigenvalue weighted by molar-refractivity contribution is 5.78. The van der Waals surface area contributed by atoms with E-state index in [2.05, 4.69) is 34.1 Å². The quantitative estimate of drug-likeness (QED) is 0.909. The second-order valence-electron chi connectivity index (χ2n) is 6.76. The highest BCUT2D eigenvalue weighted by Crippen LogP contribution is 2.18. The maximum Gasteiger partial charge on any atom is 0.228 e. The van der Waals surface area contributed by atoms with Crippen LogP contribution < -0.4 is 5.73 Å². The Bertz CT molecular complexity index is 679. The number of rotatable bonds is 5. The van der Waals surface area contributed by atoms with Crippen LogP contribution >= 0.6 is 0 Å². The molecular weight excluding hydrogens is 312 g/mol. The Morgan fingerprint density at radius 3 is 2.56 bits per heavy atom. The third-order valence-corrected chi connectivity index (χ3v) is 4.93. The fourth-order valence-corrected chi connectivity index (χ4v) is 3.33. The second-order valence-corrected chi connectivity index (χ2v) is 6.76. The van der Waals surface area contributed by atoms with Crippen molar-refractivity contribution >= 4 is 11.6 Å². The summed E-state index contributed by atoms with van der Waals surface area (Å²) < 4.78 is 0. The molecule has 1 aromatic heterocycles. The van der Waals surface area contributed by atoms with Crippen LogP contribution in [0.4, 0.5) is 5.69 Å². The van der Waals surface area contributed by atoms with Gasteiger partial charge in [0, 0.05) is 38.4 Å². The van der Waals surface area contributed by atoms with E-state index in [-0.39, 0.29) is 5.91 Å². The van der Waals surface area contributed by atoms with Gasteiger partial charge in [-0.2, -0.15) is 0 Å². The molecular formula is C20H26N4O. The molecule has 132 valence electrons. The number of benzene rings is 1. The number of aromatic nitrogens is 1. The summed E-state index contributed by atoms with van der Waals surface area (Å²) in [5.74, 6) is 0.124. The molecule has 1 aliphatic rings. The predicted octanol–water partition coefficient (Wildman–Crippen LogP) is 2.33. The normalized spacial score (nSPS) is 15.9. The summed E-state index contributed by atoms with van der Waals surface area (Å²) in [5.41, 5.74) is 8.38. The van der Waals surface area contributed by atoms with Crippen LogP contribution in [0.1, 0.15) is 24.1 Å². The van der Waals surface area contributed by atoms with Crippen LogP contribution in [0.3, 0.4) is 0 Å². The minimum Gasteiger partial charge on any atom is -0.397 e. The zero-order valence-corrected chi connectivity index (χ0v) is 14.8. The Morgan fingerprint density at radius 2 is 1.92 bits per heavy atom. The third-order valence-electron chi connectivity index (χ3n) is 4.93. The first-order chi connectivity index (χ1) is 12.1. The molecule has 1 aliphatic heterocycles. The summed E-state index contributed by atoms with van der Waals surface area (Å²) >= 11 is 0. The van der Waals surface area contributed by atoms with E-state index < -0.39 is 0 Å². The minimum absolute atomic E-state index is 0.124. The van der Waals surface area contributed by atoms with Crippen molar-refractivity contribution in [2.45, 2.75) is 31.8 Å². The van der Waals surface area contributed by atoms with Gasteiger partial charge in [-0.3, -0.25) is 14.7 Å². The number of nitrogens with two attached hydrogens (primary N) is 1. The molecule has 1 saturated heterocycles. The molecule has 0 bridgehead atoms. The Balaban J connectivity index is 1.48. The summed E-state index contributed by atoms with van der Waals surface area (Å²) in [4.78, 5) is 21.1. The molecule has 25 heavy (non-hydrogen) atoms. The van der Waals surface area contributed by atoms with Crippen molar-refractivity contribution in [3.8, 4) is 0 Å². The van der Waals surface area contributed by atoms with Crippen LogP contribution in [0.2, 0.25) is 0 Å². The van der Waals surface area contributed by atoms with Gasteiger partial charge in [0.05, 0.1) is 18.3 Å². The first kappa shape index (κ1) is 17.4. The summed E-state index contributed by atoms with van der Waals surface area (Å²) in [6.07, 6.45) is 3.97. The first-order valence-corrected chi connectivity index (χ1v) is 8.84. The average molecular weight is 338 g/mol. The topological polar surface area (TPSA) is 62.5 Å². The van der Waals surface area contributed by atoms with E-state index in [1.807, 2.05) is 24.1 Å². The van der Waals surface area contributed by atoms with Crippen molar-refractivity contribution in [2.75, 3.05) is 25.9 Å². The number of amides is 1. The molecule has 3 rings (SSSR count). The molecule has 2 N–H and O–H groups in total. The smallest absolute Gasteiger partial charge is 0.228 e. The minimum atomic E-state index is 0.124. The summed E-state index contributed by atoms with van der Waals surface area (Å²) in [6.45, 7) is 3.04. The zero-order chi connectivity index (χ0) is 17.6. The molecule has 5 nitrogen and oxygen atoms in total. The number of anilines is 1. The van der Waals surface area contributed by atoms with Gasteiger partial charge in [-0.25, -0.2) is 0 Å². The van der Waals surface area contributed by atoms with Gasteiger partial charge < -0.3 is 10.6 Å². The van der Waals surface area contributed by atoms with Gasteiger partial charge in [0.1, 0.15) is 0 Å². The molecule has 2 heterocycles. The molecule has 1 amide bonds. The highest BCUT2D eigenvalue weighted by atomic mass is 16.2. The van der Waals surface area contributed by atoms with Crippen molar-refractivity contribution in [1.29, 1.82) is 0 Å². The third kappa shape index (κ3) is 4.79. The van der Waals surface area contributed by atoms with Crippen molar-refractivity contribution in [3.63, 3.8) is 0 Å². The Labute approximate surface area is 149 Å². The number of piperidine rings is 1. The Morgan fingerprint density at radius 1 is 1.20 bits per heavy atom. The number of nitrogen functional groups attached to an aromatic ring is 1. The van der Waals surface area contributed by atoms with E-state index in [1.54, 1.807) is 12.3 Å². The van der Waals surface area contributed by atoms with Gasteiger partial charge in [0.25, 0.3) is 0 Å². The molecule has 2 aromatic rings. The zero-order valence-electron chi connectivity index (χ0n) is 14.8. The number of pyridine rings is 1. The van der Waals surface area contributed by atoms with E-state index in [9.17, 15) is 4.79 Å². The van der Waals surface area contributed by atoms with Crippen molar-refractivity contribution in [3.05, 3.63) is 59.9 Å². The van der Waals surface area contributed by atoms with Crippen LogP contribution in [-0.2, 0) is 17.8 Å². The van der Waals surface area contributed by atoms with Gasteiger partial charge in [0.15, 0.2) is 0 Å². The van der Waals surface area contributed by atoms with E-state index in [0.29, 0.717) is 18.2 Å². The van der Waals surface area contributed by atoms with Gasteiger partial charge in [-0.15, -0.1) is 0 Å². The van der Waals surface area contributed by atoms with Crippen LogP contribution in [0.25, 0.3) is 0 Å². The fourth-order valence-electron chi connectivity index (χ4n) is 3.33. The van der Waals surface area contributed by atoms with Gasteiger partial charge >= 0.3 is 0 Å². The maximum absolute atomic E-state index is 12.5. The maximum atomic E-state index is 12.5. The Hall–Kier alpha value is -2.40. The largest absolute Gasteiger partial charge is 0.397 e. The molecule has 0 aliphatic carbocycles. The van der Waals surface area contributed by atoms with Gasteiger partial charge in [-0.1, -0.05) is 30.3 Å². The van der Waals surface area contributed by atoms with E-state index in [4.69, 9.17) is 5.73 Å². The number of carbonyl (C=O) groups excluding carboxylic acids is 1. The van der Waals surface area contributed by atoms with E-state index in [0.717, 1.165) is 38.2 Å². The number of likely N-dealkylation sites (N-methyl/N-ethyl adjacent to an activating group) is 1. The molecule has 0 spiro atoms. The summed E-state index contributed by atoms with van der Waals surface area (Å²) in [5, 5.41) is 0. The lowest BCUT2D eigenvalue weighted by atomic mass is 10.0. The van der Waals surface area contributed by atoms with Crippen LogP contribution in [0.5, 0.6) is 0 Å². The van der Waals surface area contributed by atoms with Crippen molar-refractivity contribution < 1.29 is 4.79 Å². The monoisotopic (exact) mass is 338 g/mol. The number of carbonyl (C=O) groups is 1. The predicted molar refractivity (Wildman–Crippen MR) is 99.9 cm³/mol. The average Bonchev–Trinajstić information content (AvgIpc) is 2.64. The lowest BCUT2D eigenvalue weighted by Crippen LogP contribution is -2.45. The van der Waals surface area contributed by atoms with Crippen LogP contribution in [0.15, 0.2) is 48.7 Å². The molecule has 1 aromatic carbocycles. The summed E-state index contributed by atoms with van der Waals surface area (Å²) in [6, 6.07) is 14.5. The summed E-state index contributed by atoms with van der Waals surface area (Å²) in [7, 11) is 1.91. The van der Waals surface area contributed by atoms with Crippen molar-refractivity contribution in [1.82, 2.24) is 14.8 Å². The standard InChI is InChI=1S/C20H26N4O/c1-23(20(25)13-18-8-7-17(21)14-22-18)19-9-11-24(12-10-19)15-16-5-3-2-4-6-16/h2-8,14,19H,9-13,15,21H2,1H3. The first-order valence-electron chi connectivity index (χ1n) is 8.84. The lowest BCUT2D eigenvalue weighted by Gasteiger charge is -2.36. The number of hydrogen-bond acceptors (Lipinski definition) is 4. The van der Waals surface area contributed by atoms with Crippen LogP contribution in [-0.4, -0.2) is 46.9 Å². The van der Waals surface area contributed by atoms with Gasteiger partial charge in [0.2, 0.25) is 5.91 Å². The molecule has 0 radical (unpaired) electrons. The number of nitrogens with zero attached hydrogens (tertiary/aromatic N) is 3. The molecule has 0 saturated carbocycles.